The minimum atomic E-state index is 0.0693. The van der Waals surface area contributed by atoms with Gasteiger partial charge in [-0.2, -0.15) is 0 Å². The summed E-state index contributed by atoms with van der Waals surface area (Å²) in [6, 6.07) is 0. The Labute approximate surface area is 106 Å². The molecule has 4 nitrogen and oxygen atoms in total. The molecular weight excluding hydrogens is 234 g/mol. The summed E-state index contributed by atoms with van der Waals surface area (Å²) in [6.45, 7) is 10.1. The van der Waals surface area contributed by atoms with E-state index in [-0.39, 0.29) is 11.4 Å². The van der Waals surface area contributed by atoms with Crippen molar-refractivity contribution in [2.75, 3.05) is 26.2 Å². The van der Waals surface area contributed by atoms with Crippen molar-refractivity contribution >= 4 is 17.2 Å². The van der Waals surface area contributed by atoms with Crippen LogP contribution in [-0.4, -0.2) is 52.4 Å². The lowest BCUT2D eigenvalue weighted by atomic mass is 10.0. The molecule has 94 valence electrons. The Balaban J connectivity index is 1.94. The second-order valence-corrected chi connectivity index (χ2v) is 6.04. The predicted octanol–water partition coefficient (Wildman–Crippen LogP) is 1.70. The van der Waals surface area contributed by atoms with Gasteiger partial charge in [0.1, 0.15) is 5.69 Å². The molecule has 0 radical (unpaired) electrons. The maximum Gasteiger partial charge on any atom is 0.273 e. The van der Waals surface area contributed by atoms with E-state index in [1.807, 2.05) is 10.3 Å². The number of rotatable bonds is 1. The molecule has 17 heavy (non-hydrogen) atoms. The van der Waals surface area contributed by atoms with E-state index in [0.717, 1.165) is 26.2 Å². The Morgan fingerprint density at radius 3 is 2.41 bits per heavy atom. The van der Waals surface area contributed by atoms with Gasteiger partial charge in [-0.3, -0.25) is 9.69 Å². The molecule has 0 aliphatic carbocycles. The number of aromatic nitrogens is 1. The van der Waals surface area contributed by atoms with Gasteiger partial charge in [-0.25, -0.2) is 4.98 Å². The maximum atomic E-state index is 12.1. The first-order valence-corrected chi connectivity index (χ1v) is 6.85. The molecule has 0 bridgehead atoms. The zero-order valence-corrected chi connectivity index (χ0v) is 11.5. The maximum absolute atomic E-state index is 12.1. The molecule has 1 saturated heterocycles. The van der Waals surface area contributed by atoms with Gasteiger partial charge in [-0.05, 0) is 20.8 Å². The molecule has 2 rings (SSSR count). The van der Waals surface area contributed by atoms with E-state index < -0.39 is 0 Å². The van der Waals surface area contributed by atoms with E-state index in [4.69, 9.17) is 0 Å². The Kier molecular flexibility index (Phi) is 3.49. The van der Waals surface area contributed by atoms with Crippen molar-refractivity contribution in [3.05, 3.63) is 16.6 Å². The van der Waals surface area contributed by atoms with Crippen molar-refractivity contribution in [2.45, 2.75) is 26.3 Å². The largest absolute Gasteiger partial charge is 0.335 e. The first-order valence-electron chi connectivity index (χ1n) is 5.91. The number of thiazole rings is 1. The number of amides is 1. The lowest BCUT2D eigenvalue weighted by molar-refractivity contribution is 0.0447. The average molecular weight is 253 g/mol. The van der Waals surface area contributed by atoms with Gasteiger partial charge in [0.2, 0.25) is 0 Å². The highest BCUT2D eigenvalue weighted by molar-refractivity contribution is 7.07. The molecule has 0 N–H and O–H groups in total. The standard InChI is InChI=1S/C12H19N3OS/c1-12(2,3)15-6-4-14(5-7-15)11(16)10-8-17-9-13-10/h8-9H,4-7H2,1-3H3. The normalized spacial score (nSPS) is 18.4. The van der Waals surface area contributed by atoms with Crippen LogP contribution in [0.2, 0.25) is 0 Å². The van der Waals surface area contributed by atoms with Crippen molar-refractivity contribution < 1.29 is 4.79 Å². The van der Waals surface area contributed by atoms with E-state index in [1.165, 1.54) is 11.3 Å². The van der Waals surface area contributed by atoms with Crippen molar-refractivity contribution in [2.24, 2.45) is 0 Å². The summed E-state index contributed by atoms with van der Waals surface area (Å²) in [5.41, 5.74) is 2.48. The van der Waals surface area contributed by atoms with Gasteiger partial charge in [0, 0.05) is 37.1 Å². The topological polar surface area (TPSA) is 36.4 Å². The Bertz CT molecular complexity index is 375. The van der Waals surface area contributed by atoms with E-state index in [0.29, 0.717) is 5.69 Å². The van der Waals surface area contributed by atoms with E-state index in [9.17, 15) is 4.79 Å². The van der Waals surface area contributed by atoms with Gasteiger partial charge in [0.25, 0.3) is 5.91 Å². The average Bonchev–Trinajstić information content (AvgIpc) is 2.80. The fourth-order valence-electron chi connectivity index (χ4n) is 2.06. The van der Waals surface area contributed by atoms with Crippen molar-refractivity contribution in [3.63, 3.8) is 0 Å². The fourth-order valence-corrected chi connectivity index (χ4v) is 2.59. The van der Waals surface area contributed by atoms with E-state index >= 15 is 0 Å². The molecule has 0 saturated carbocycles. The molecule has 1 fully saturated rings. The molecule has 0 atom stereocenters. The highest BCUT2D eigenvalue weighted by Crippen LogP contribution is 2.17. The molecule has 0 spiro atoms. The molecule has 5 heteroatoms. The minimum absolute atomic E-state index is 0.0693. The Morgan fingerprint density at radius 1 is 1.29 bits per heavy atom. The first kappa shape index (κ1) is 12.5. The zero-order valence-electron chi connectivity index (χ0n) is 10.6. The van der Waals surface area contributed by atoms with Gasteiger partial charge >= 0.3 is 0 Å². The number of carbonyl (C=O) groups excluding carboxylic acids is 1. The third kappa shape index (κ3) is 2.84. The lowest BCUT2D eigenvalue weighted by Crippen LogP contribution is -2.54. The second-order valence-electron chi connectivity index (χ2n) is 5.32. The molecule has 1 aliphatic heterocycles. The predicted molar refractivity (Wildman–Crippen MR) is 69.3 cm³/mol. The highest BCUT2D eigenvalue weighted by Gasteiger charge is 2.28. The first-order chi connectivity index (χ1) is 7.98. The molecule has 1 aromatic heterocycles. The van der Waals surface area contributed by atoms with Crippen LogP contribution in [0.4, 0.5) is 0 Å². The van der Waals surface area contributed by atoms with Gasteiger partial charge in [-0.1, -0.05) is 0 Å². The summed E-state index contributed by atoms with van der Waals surface area (Å²) in [4.78, 5) is 20.5. The highest BCUT2D eigenvalue weighted by atomic mass is 32.1. The Morgan fingerprint density at radius 2 is 1.94 bits per heavy atom. The third-order valence-corrected chi connectivity index (χ3v) is 3.75. The zero-order chi connectivity index (χ0) is 12.5. The summed E-state index contributed by atoms with van der Waals surface area (Å²) in [5, 5.41) is 1.82. The van der Waals surface area contributed by atoms with Gasteiger partial charge < -0.3 is 4.90 Å². The van der Waals surface area contributed by atoms with Crippen molar-refractivity contribution in [1.82, 2.24) is 14.8 Å². The number of nitrogens with zero attached hydrogens (tertiary/aromatic N) is 3. The Hall–Kier alpha value is -0.940. The van der Waals surface area contributed by atoms with Crippen LogP contribution in [0.3, 0.4) is 0 Å². The van der Waals surface area contributed by atoms with E-state index in [2.05, 4.69) is 30.7 Å². The summed E-state index contributed by atoms with van der Waals surface area (Å²) in [5.74, 6) is 0.0693. The van der Waals surface area contributed by atoms with Crippen LogP contribution in [0.25, 0.3) is 0 Å². The summed E-state index contributed by atoms with van der Waals surface area (Å²) >= 11 is 1.47. The van der Waals surface area contributed by atoms with Crippen LogP contribution in [0.15, 0.2) is 10.9 Å². The number of hydrogen-bond acceptors (Lipinski definition) is 4. The molecule has 1 aromatic rings. The summed E-state index contributed by atoms with van der Waals surface area (Å²) < 4.78 is 0. The summed E-state index contributed by atoms with van der Waals surface area (Å²) in [6.07, 6.45) is 0. The lowest BCUT2D eigenvalue weighted by Gasteiger charge is -2.42. The van der Waals surface area contributed by atoms with Crippen LogP contribution in [-0.2, 0) is 0 Å². The fraction of sp³-hybridized carbons (Fsp3) is 0.667. The van der Waals surface area contributed by atoms with Crippen LogP contribution in [0.1, 0.15) is 31.3 Å². The number of piperazine rings is 1. The third-order valence-electron chi connectivity index (χ3n) is 3.17. The van der Waals surface area contributed by atoms with Gasteiger partial charge in [0.05, 0.1) is 5.51 Å². The van der Waals surface area contributed by atoms with Gasteiger partial charge in [0.15, 0.2) is 0 Å². The molecule has 0 unspecified atom stereocenters. The quantitative estimate of drug-likeness (QED) is 0.764. The van der Waals surface area contributed by atoms with Crippen LogP contribution >= 0.6 is 11.3 Å². The SMILES string of the molecule is CC(C)(C)N1CCN(C(=O)c2cscn2)CC1. The second kappa shape index (κ2) is 4.74. The van der Waals surface area contributed by atoms with Crippen LogP contribution in [0, 0.1) is 0 Å². The number of hydrogen-bond donors (Lipinski definition) is 0. The van der Waals surface area contributed by atoms with Crippen LogP contribution < -0.4 is 0 Å². The molecule has 1 amide bonds. The van der Waals surface area contributed by atoms with Gasteiger partial charge in [-0.15, -0.1) is 11.3 Å². The van der Waals surface area contributed by atoms with Crippen molar-refractivity contribution in [3.8, 4) is 0 Å². The van der Waals surface area contributed by atoms with Crippen molar-refractivity contribution in [1.29, 1.82) is 0 Å². The monoisotopic (exact) mass is 253 g/mol. The molecule has 1 aliphatic rings. The smallest absolute Gasteiger partial charge is 0.273 e. The molecule has 0 aromatic carbocycles. The van der Waals surface area contributed by atoms with E-state index in [1.54, 1.807) is 5.51 Å². The number of carbonyl (C=O) groups is 1. The molecule has 2 heterocycles. The molecular formula is C12H19N3OS. The summed E-state index contributed by atoms with van der Waals surface area (Å²) in [7, 11) is 0. The minimum Gasteiger partial charge on any atom is -0.335 e. The van der Waals surface area contributed by atoms with Crippen LogP contribution in [0.5, 0.6) is 0 Å².